The van der Waals surface area contributed by atoms with E-state index in [4.69, 9.17) is 11.6 Å². The number of phenols is 1. The lowest BCUT2D eigenvalue weighted by Gasteiger charge is -2.27. The molecule has 17 nitrogen and oxygen atoms in total. The Balaban J connectivity index is 0.958. The predicted octanol–water partition coefficient (Wildman–Crippen LogP) is 1.35. The van der Waals surface area contributed by atoms with Crippen LogP contribution in [0.5, 0.6) is 5.75 Å². The number of nitrogens with zero attached hydrogens (tertiary/aromatic N) is 5. The smallest absolute Gasteiger partial charge is 0.264 e. The van der Waals surface area contributed by atoms with Gasteiger partial charge in [-0.3, -0.25) is 52.7 Å². The SMILES string of the molecule is O=C1CCC(N2C(=O)c3cccc(NCc4cn(CCC(=O)Nc5ccc6c(Cl)c(N7CC(=O)NS7=O)c(O)cc6c5)nn4)c3C2=O)C(=O)N1. The van der Waals surface area contributed by atoms with Gasteiger partial charge in [0.15, 0.2) is 0 Å². The summed E-state index contributed by atoms with van der Waals surface area (Å²) in [6.07, 6.45) is 1.74. The largest absolute Gasteiger partial charge is 0.506 e. The van der Waals surface area contributed by atoms with Gasteiger partial charge in [-0.15, -0.1) is 5.10 Å². The van der Waals surface area contributed by atoms with E-state index in [1.54, 1.807) is 36.5 Å². The number of hydrogen-bond acceptors (Lipinski definition) is 11. The molecule has 2 fully saturated rings. The summed E-state index contributed by atoms with van der Waals surface area (Å²) >= 11 is 4.64. The maximum atomic E-state index is 13.3. The molecular formula is C31H26ClN9O8S. The van der Waals surface area contributed by atoms with Crippen molar-refractivity contribution in [3.8, 4) is 5.75 Å². The van der Waals surface area contributed by atoms with Crippen molar-refractivity contribution in [3.05, 3.63) is 70.5 Å². The van der Waals surface area contributed by atoms with E-state index < -0.39 is 46.7 Å². The van der Waals surface area contributed by atoms with Gasteiger partial charge in [0.1, 0.15) is 29.7 Å². The third-order valence-corrected chi connectivity index (χ3v) is 9.83. The van der Waals surface area contributed by atoms with Crippen LogP contribution in [0.2, 0.25) is 5.02 Å². The topological polar surface area (TPSA) is 225 Å². The molecule has 256 valence electrons. The monoisotopic (exact) mass is 719 g/mol. The average molecular weight is 720 g/mol. The lowest BCUT2D eigenvalue weighted by atomic mass is 10.0. The summed E-state index contributed by atoms with van der Waals surface area (Å²) in [6.45, 7) is 0.0995. The number of aromatic nitrogens is 3. The molecule has 7 rings (SSSR count). The van der Waals surface area contributed by atoms with E-state index in [2.05, 4.69) is 31.0 Å². The molecule has 2 unspecified atom stereocenters. The van der Waals surface area contributed by atoms with Crippen LogP contribution in [0.25, 0.3) is 10.8 Å². The van der Waals surface area contributed by atoms with Crippen molar-refractivity contribution in [2.75, 3.05) is 21.5 Å². The normalized spacial score (nSPS) is 18.8. The van der Waals surface area contributed by atoms with Gasteiger partial charge < -0.3 is 15.7 Å². The Morgan fingerprint density at radius 1 is 1.08 bits per heavy atom. The molecule has 50 heavy (non-hydrogen) atoms. The molecule has 0 spiro atoms. The number of imide groups is 2. The lowest BCUT2D eigenvalue weighted by molar-refractivity contribution is -0.136. The summed E-state index contributed by atoms with van der Waals surface area (Å²) in [7, 11) is 0. The van der Waals surface area contributed by atoms with Crippen molar-refractivity contribution < 1.29 is 38.1 Å². The summed E-state index contributed by atoms with van der Waals surface area (Å²) in [5.74, 6) is -3.47. The highest BCUT2D eigenvalue weighted by molar-refractivity contribution is 7.85. The number of anilines is 3. The minimum absolute atomic E-state index is 0.0195. The van der Waals surface area contributed by atoms with Gasteiger partial charge in [-0.1, -0.05) is 28.9 Å². The second-order valence-corrected chi connectivity index (χ2v) is 13.1. The number of benzene rings is 3. The number of nitrogens with one attached hydrogen (secondary N) is 4. The van der Waals surface area contributed by atoms with Crippen LogP contribution in [-0.4, -0.2) is 77.2 Å². The van der Waals surface area contributed by atoms with Crippen LogP contribution < -0.4 is 25.0 Å². The Morgan fingerprint density at radius 3 is 2.66 bits per heavy atom. The van der Waals surface area contributed by atoms with E-state index in [9.17, 15) is 38.1 Å². The van der Waals surface area contributed by atoms with E-state index in [0.29, 0.717) is 27.8 Å². The first-order valence-corrected chi connectivity index (χ1v) is 16.7. The minimum Gasteiger partial charge on any atom is -0.506 e. The molecule has 5 N–H and O–H groups in total. The van der Waals surface area contributed by atoms with Gasteiger partial charge in [0.2, 0.25) is 28.9 Å². The molecule has 1 aromatic heterocycles. The van der Waals surface area contributed by atoms with Gasteiger partial charge in [-0.2, -0.15) is 0 Å². The molecule has 0 aliphatic carbocycles. The highest BCUT2D eigenvalue weighted by atomic mass is 35.5. The average Bonchev–Trinajstić information content (AvgIpc) is 3.74. The van der Waals surface area contributed by atoms with Gasteiger partial charge in [0.25, 0.3) is 17.7 Å². The zero-order valence-corrected chi connectivity index (χ0v) is 27.3. The summed E-state index contributed by atoms with van der Waals surface area (Å²) in [5, 5.41) is 28.0. The minimum atomic E-state index is -1.88. The fourth-order valence-electron chi connectivity index (χ4n) is 6.00. The molecule has 0 saturated carbocycles. The number of fused-ring (bicyclic) bond motifs is 2. The number of halogens is 1. The molecule has 3 aromatic carbocycles. The van der Waals surface area contributed by atoms with Crippen molar-refractivity contribution in [2.45, 2.75) is 38.4 Å². The van der Waals surface area contributed by atoms with Crippen molar-refractivity contribution in [1.82, 2.24) is 29.9 Å². The quantitative estimate of drug-likeness (QED) is 0.155. The zero-order chi connectivity index (χ0) is 35.3. The molecule has 2 atom stereocenters. The number of carbonyl (C=O) groups is 6. The van der Waals surface area contributed by atoms with Crippen molar-refractivity contribution in [2.24, 2.45) is 0 Å². The molecular weight excluding hydrogens is 694 g/mol. The molecule has 0 radical (unpaired) electrons. The Morgan fingerprint density at radius 2 is 1.90 bits per heavy atom. The summed E-state index contributed by atoms with van der Waals surface area (Å²) < 4.78 is 17.1. The van der Waals surface area contributed by atoms with Crippen molar-refractivity contribution in [3.63, 3.8) is 0 Å². The van der Waals surface area contributed by atoms with Crippen LogP contribution in [-0.2, 0) is 43.4 Å². The van der Waals surface area contributed by atoms with Gasteiger partial charge in [0.05, 0.1) is 35.4 Å². The predicted molar refractivity (Wildman–Crippen MR) is 178 cm³/mol. The number of phenolic OH excluding ortho intramolecular Hbond substituents is 1. The molecule has 0 bridgehead atoms. The number of piperidine rings is 1. The number of aryl methyl sites for hydroxylation is 1. The molecule has 3 aliphatic rings. The van der Waals surface area contributed by atoms with E-state index in [1.807, 2.05) is 0 Å². The number of carbonyl (C=O) groups excluding carboxylic acids is 6. The Kier molecular flexibility index (Phi) is 8.40. The number of aromatic hydroxyl groups is 1. The van der Waals surface area contributed by atoms with Crippen LogP contribution in [0.3, 0.4) is 0 Å². The van der Waals surface area contributed by atoms with E-state index in [0.717, 1.165) is 9.21 Å². The first kappa shape index (κ1) is 32.7. The van der Waals surface area contributed by atoms with Crippen LogP contribution in [0.4, 0.5) is 17.1 Å². The van der Waals surface area contributed by atoms with Crippen LogP contribution in [0.1, 0.15) is 45.7 Å². The summed E-state index contributed by atoms with van der Waals surface area (Å²) in [6, 6.07) is 9.95. The zero-order valence-electron chi connectivity index (χ0n) is 25.8. The highest BCUT2D eigenvalue weighted by Gasteiger charge is 2.45. The van der Waals surface area contributed by atoms with Crippen molar-refractivity contribution in [1.29, 1.82) is 0 Å². The Labute approximate surface area is 289 Å². The van der Waals surface area contributed by atoms with E-state index >= 15 is 0 Å². The highest BCUT2D eigenvalue weighted by Crippen LogP contribution is 2.42. The number of rotatable bonds is 9. The van der Waals surface area contributed by atoms with Crippen LogP contribution in [0, 0.1) is 0 Å². The van der Waals surface area contributed by atoms with Gasteiger partial charge in [0, 0.05) is 29.6 Å². The second kappa shape index (κ2) is 12.9. The van der Waals surface area contributed by atoms with E-state index in [1.165, 1.54) is 16.8 Å². The maximum absolute atomic E-state index is 13.3. The summed E-state index contributed by atoms with van der Waals surface area (Å²) in [4.78, 5) is 75.7. The van der Waals surface area contributed by atoms with Crippen LogP contribution in [0.15, 0.2) is 48.7 Å². The Hall–Kier alpha value is -5.88. The molecule has 19 heteroatoms. The Bertz CT molecular complexity index is 2190. The van der Waals surface area contributed by atoms with Crippen LogP contribution >= 0.6 is 11.6 Å². The molecule has 4 heterocycles. The third kappa shape index (κ3) is 5.98. The first-order valence-electron chi connectivity index (χ1n) is 15.2. The van der Waals surface area contributed by atoms with E-state index in [-0.39, 0.29) is 72.4 Å². The van der Waals surface area contributed by atoms with Gasteiger partial charge in [-0.25, -0.2) is 4.21 Å². The molecule has 3 aliphatic heterocycles. The first-order chi connectivity index (χ1) is 24.0. The second-order valence-electron chi connectivity index (χ2n) is 11.6. The number of hydrogen-bond donors (Lipinski definition) is 5. The maximum Gasteiger partial charge on any atom is 0.264 e. The molecule has 6 amide bonds. The third-order valence-electron chi connectivity index (χ3n) is 8.33. The fraction of sp³-hybridized carbons (Fsp3) is 0.226. The number of amides is 6. The van der Waals surface area contributed by atoms with Crippen molar-refractivity contribution >= 4 is 86.1 Å². The summed E-state index contributed by atoms with van der Waals surface area (Å²) in [5.41, 5.74) is 1.62. The van der Waals surface area contributed by atoms with Gasteiger partial charge >= 0.3 is 0 Å². The molecule has 2 saturated heterocycles. The molecule has 4 aromatic rings. The lowest BCUT2D eigenvalue weighted by Crippen LogP contribution is -2.54. The fourth-order valence-corrected chi connectivity index (χ4v) is 7.38. The van der Waals surface area contributed by atoms with Gasteiger partial charge in [-0.05, 0) is 42.1 Å². The standard InChI is InChI=1S/C31H26ClN9O8S/c32-27-18-5-4-16(10-15(18)11-22(42)28(27)40-14-25(45)37-50(40)49)34-24(44)8-9-39-13-17(36-38-39)12-33-20-3-1-2-19-26(20)31(48)41(30(19)47)21-6-7-23(43)35-29(21)46/h1-5,10-11,13,21,33,42H,6-9,12,14H2,(H,34,44)(H,37,45)(H,35,43,46).